The second kappa shape index (κ2) is 5.51. The van der Waals surface area contributed by atoms with Crippen LogP contribution in [0.2, 0.25) is 0 Å². The van der Waals surface area contributed by atoms with E-state index in [9.17, 15) is 4.79 Å². The first-order valence-corrected chi connectivity index (χ1v) is 7.35. The fourth-order valence-corrected chi connectivity index (χ4v) is 3.92. The normalized spacial score (nSPS) is 43.4. The van der Waals surface area contributed by atoms with E-state index in [0.717, 1.165) is 50.4 Å². The van der Waals surface area contributed by atoms with Crippen LogP contribution in [-0.4, -0.2) is 11.8 Å². The van der Waals surface area contributed by atoms with Crippen molar-refractivity contribution < 1.29 is 4.79 Å². The largest absolute Gasteiger partial charge is 0.328 e. The molecule has 0 bridgehead atoms. The minimum absolute atomic E-state index is 0.331. The van der Waals surface area contributed by atoms with Crippen molar-refractivity contribution in [1.29, 1.82) is 0 Å². The molecule has 2 aliphatic rings. The molecule has 2 nitrogen and oxygen atoms in total. The number of rotatable bonds is 2. The molecule has 0 aromatic rings. The van der Waals surface area contributed by atoms with Crippen molar-refractivity contribution in [2.75, 3.05) is 0 Å². The summed E-state index contributed by atoms with van der Waals surface area (Å²) in [6, 6.07) is 0.350. The van der Waals surface area contributed by atoms with Crippen molar-refractivity contribution in [2.24, 2.45) is 29.4 Å². The monoisotopic (exact) mass is 237 g/mol. The number of hydrogen-bond acceptors (Lipinski definition) is 2. The molecule has 2 heteroatoms. The minimum Gasteiger partial charge on any atom is -0.328 e. The average molecular weight is 237 g/mol. The van der Waals surface area contributed by atoms with Gasteiger partial charge in [0.2, 0.25) is 0 Å². The summed E-state index contributed by atoms with van der Waals surface area (Å²) in [5.41, 5.74) is 5.91. The Morgan fingerprint density at radius 1 is 0.882 bits per heavy atom. The van der Waals surface area contributed by atoms with Gasteiger partial charge in [-0.3, -0.25) is 4.79 Å². The second-order valence-corrected chi connectivity index (χ2v) is 6.63. The number of carbonyl (C=O) groups excluding carboxylic acids is 1. The van der Waals surface area contributed by atoms with Crippen molar-refractivity contribution in [1.82, 2.24) is 0 Å². The van der Waals surface area contributed by atoms with Crippen molar-refractivity contribution in [3.05, 3.63) is 0 Å². The molecule has 2 fully saturated rings. The van der Waals surface area contributed by atoms with Crippen LogP contribution in [0.4, 0.5) is 0 Å². The lowest BCUT2D eigenvalue weighted by molar-refractivity contribution is -0.129. The molecule has 0 aliphatic heterocycles. The minimum atomic E-state index is 0.331. The summed E-state index contributed by atoms with van der Waals surface area (Å²) in [5, 5.41) is 0. The molecule has 17 heavy (non-hydrogen) atoms. The van der Waals surface area contributed by atoms with Crippen LogP contribution in [0.1, 0.15) is 58.8 Å². The van der Waals surface area contributed by atoms with Gasteiger partial charge in [0.15, 0.2) is 0 Å². The smallest absolute Gasteiger partial charge is 0.139 e. The molecular weight excluding hydrogens is 210 g/mol. The summed E-state index contributed by atoms with van der Waals surface area (Å²) in [5.74, 6) is 2.72. The van der Waals surface area contributed by atoms with Crippen LogP contribution in [0, 0.1) is 23.7 Å². The maximum Gasteiger partial charge on any atom is 0.139 e. The van der Waals surface area contributed by atoms with E-state index in [0.29, 0.717) is 23.7 Å². The van der Waals surface area contributed by atoms with Gasteiger partial charge < -0.3 is 5.73 Å². The fourth-order valence-electron chi connectivity index (χ4n) is 3.92. The highest BCUT2D eigenvalue weighted by Crippen LogP contribution is 2.37. The molecule has 2 unspecified atom stereocenters. The highest BCUT2D eigenvalue weighted by atomic mass is 16.1. The van der Waals surface area contributed by atoms with Gasteiger partial charge in [0.25, 0.3) is 0 Å². The van der Waals surface area contributed by atoms with Gasteiger partial charge >= 0.3 is 0 Å². The zero-order valence-electron chi connectivity index (χ0n) is 11.3. The summed E-state index contributed by atoms with van der Waals surface area (Å²) in [6.07, 6.45) is 7.75. The zero-order chi connectivity index (χ0) is 12.4. The van der Waals surface area contributed by atoms with Crippen molar-refractivity contribution in [3.8, 4) is 0 Å². The molecule has 0 aromatic carbocycles. The van der Waals surface area contributed by atoms with Crippen LogP contribution in [0.25, 0.3) is 0 Å². The van der Waals surface area contributed by atoms with Gasteiger partial charge in [0.05, 0.1) is 0 Å². The molecule has 2 N–H and O–H groups in total. The highest BCUT2D eigenvalue weighted by molar-refractivity contribution is 5.83. The van der Waals surface area contributed by atoms with E-state index in [1.54, 1.807) is 0 Å². The molecule has 0 saturated heterocycles. The van der Waals surface area contributed by atoms with Crippen LogP contribution >= 0.6 is 0 Å². The number of Topliss-reactive ketones (excluding diaryl/α,β-unsaturated/α-hetero) is 1. The molecule has 0 heterocycles. The Balaban J connectivity index is 1.90. The summed E-state index contributed by atoms with van der Waals surface area (Å²) in [6.45, 7) is 4.60. The maximum absolute atomic E-state index is 12.5. The third kappa shape index (κ3) is 3.31. The Kier molecular flexibility index (Phi) is 4.24. The van der Waals surface area contributed by atoms with E-state index in [4.69, 9.17) is 5.73 Å². The van der Waals surface area contributed by atoms with E-state index < -0.39 is 0 Å². The Morgan fingerprint density at radius 3 is 1.94 bits per heavy atom. The summed E-state index contributed by atoms with van der Waals surface area (Å²) < 4.78 is 0. The van der Waals surface area contributed by atoms with Gasteiger partial charge in [-0.1, -0.05) is 13.8 Å². The third-order valence-electron chi connectivity index (χ3n) is 4.76. The standard InChI is InChI=1S/C15H27NO/c1-10-7-11(2)9-13(8-10)15(17)12-3-5-14(16)6-4-12/h10-14H,3-9,16H2,1-2H3. The Hall–Kier alpha value is -0.370. The summed E-state index contributed by atoms with van der Waals surface area (Å²) >= 11 is 0. The lowest BCUT2D eigenvalue weighted by Gasteiger charge is -2.34. The van der Waals surface area contributed by atoms with Gasteiger partial charge in [-0.05, 0) is 56.8 Å². The van der Waals surface area contributed by atoms with Crippen LogP contribution < -0.4 is 5.73 Å². The first-order chi connectivity index (χ1) is 8.06. The first-order valence-electron chi connectivity index (χ1n) is 7.35. The van der Waals surface area contributed by atoms with Crippen LogP contribution in [0.15, 0.2) is 0 Å². The van der Waals surface area contributed by atoms with Gasteiger partial charge in [-0.15, -0.1) is 0 Å². The van der Waals surface area contributed by atoms with Crippen molar-refractivity contribution >= 4 is 5.78 Å². The molecule has 2 saturated carbocycles. The van der Waals surface area contributed by atoms with Gasteiger partial charge in [0, 0.05) is 17.9 Å². The number of carbonyl (C=O) groups is 1. The Bertz CT molecular complexity index is 258. The molecule has 2 aliphatic carbocycles. The molecule has 2 atom stereocenters. The number of ketones is 1. The van der Waals surface area contributed by atoms with Crippen LogP contribution in [0.5, 0.6) is 0 Å². The lowest BCUT2D eigenvalue weighted by Crippen LogP contribution is -2.35. The molecule has 0 spiro atoms. The molecule has 2 rings (SSSR count). The summed E-state index contributed by atoms with van der Waals surface area (Å²) in [4.78, 5) is 12.5. The highest BCUT2D eigenvalue weighted by Gasteiger charge is 2.34. The predicted octanol–water partition coefficient (Wildman–Crippen LogP) is 3.15. The van der Waals surface area contributed by atoms with Gasteiger partial charge in [0.1, 0.15) is 5.78 Å². The predicted molar refractivity (Wildman–Crippen MR) is 70.6 cm³/mol. The lowest BCUT2D eigenvalue weighted by atomic mass is 9.70. The second-order valence-electron chi connectivity index (χ2n) is 6.63. The van der Waals surface area contributed by atoms with E-state index in [1.165, 1.54) is 6.42 Å². The van der Waals surface area contributed by atoms with E-state index >= 15 is 0 Å². The molecular formula is C15H27NO. The first kappa shape index (κ1) is 13.1. The number of hydrogen-bond donors (Lipinski definition) is 1. The van der Waals surface area contributed by atoms with Crippen molar-refractivity contribution in [3.63, 3.8) is 0 Å². The zero-order valence-corrected chi connectivity index (χ0v) is 11.3. The Morgan fingerprint density at radius 2 is 1.41 bits per heavy atom. The molecule has 0 amide bonds. The average Bonchev–Trinajstić information content (AvgIpc) is 2.28. The maximum atomic E-state index is 12.5. The van der Waals surface area contributed by atoms with Gasteiger partial charge in [-0.2, -0.15) is 0 Å². The molecule has 98 valence electrons. The molecule has 0 aromatic heterocycles. The SMILES string of the molecule is CC1CC(C)CC(C(=O)C2CCC(N)CC2)C1. The Labute approximate surface area is 105 Å². The van der Waals surface area contributed by atoms with Crippen LogP contribution in [0.3, 0.4) is 0 Å². The molecule has 0 radical (unpaired) electrons. The van der Waals surface area contributed by atoms with E-state index in [2.05, 4.69) is 13.8 Å². The third-order valence-corrected chi connectivity index (χ3v) is 4.76. The van der Waals surface area contributed by atoms with E-state index in [1.807, 2.05) is 0 Å². The quantitative estimate of drug-likeness (QED) is 0.801. The topological polar surface area (TPSA) is 43.1 Å². The number of nitrogens with two attached hydrogens (primary N) is 1. The fraction of sp³-hybridized carbons (Fsp3) is 0.933. The van der Waals surface area contributed by atoms with Gasteiger partial charge in [-0.25, -0.2) is 0 Å². The van der Waals surface area contributed by atoms with E-state index in [-0.39, 0.29) is 0 Å². The summed E-state index contributed by atoms with van der Waals surface area (Å²) in [7, 11) is 0. The van der Waals surface area contributed by atoms with Crippen molar-refractivity contribution in [2.45, 2.75) is 64.8 Å². The van der Waals surface area contributed by atoms with Crippen LogP contribution in [-0.2, 0) is 4.79 Å².